The normalized spacial score (nSPS) is 10.8. The van der Waals surface area contributed by atoms with Crippen LogP contribution in [0.4, 0.5) is 5.69 Å². The number of rotatable bonds is 5. The fourth-order valence-corrected chi connectivity index (χ4v) is 3.12. The third kappa shape index (κ3) is 3.16. The lowest BCUT2D eigenvalue weighted by Gasteiger charge is -2.05. The minimum atomic E-state index is -0.364. The first-order valence-corrected chi connectivity index (χ1v) is 8.54. The van der Waals surface area contributed by atoms with E-state index in [1.54, 1.807) is 29.8 Å². The molecule has 0 bridgehead atoms. The average molecular weight is 343 g/mol. The number of hydrogen-bond acceptors (Lipinski definition) is 5. The van der Waals surface area contributed by atoms with Gasteiger partial charge in [0.05, 0.1) is 12.3 Å². The lowest BCUT2D eigenvalue weighted by Crippen LogP contribution is -2.09. The maximum absolute atomic E-state index is 12.0. The first-order valence-electron chi connectivity index (χ1n) is 7.66. The second-order valence-corrected chi connectivity index (χ2v) is 5.94. The number of carbonyl (C=O) groups excluding carboxylic acids is 2. The number of imidazole rings is 1. The highest BCUT2D eigenvalue weighted by Crippen LogP contribution is 2.26. The number of benzene rings is 1. The summed E-state index contributed by atoms with van der Waals surface area (Å²) in [5.74, 6) is -0.403. The van der Waals surface area contributed by atoms with Crippen molar-refractivity contribution in [1.29, 1.82) is 0 Å². The number of anilines is 1. The van der Waals surface area contributed by atoms with Crippen LogP contribution in [0.1, 0.15) is 30.8 Å². The second kappa shape index (κ2) is 6.84. The highest BCUT2D eigenvalue weighted by Gasteiger charge is 2.16. The van der Waals surface area contributed by atoms with Gasteiger partial charge >= 0.3 is 5.97 Å². The molecular weight excluding hydrogens is 326 g/mol. The van der Waals surface area contributed by atoms with Crippen molar-refractivity contribution < 1.29 is 14.3 Å². The number of nitrogens with one attached hydrogen (secondary N) is 1. The molecule has 2 heterocycles. The van der Waals surface area contributed by atoms with Gasteiger partial charge in [0.1, 0.15) is 5.69 Å². The summed E-state index contributed by atoms with van der Waals surface area (Å²) in [7, 11) is 0. The summed E-state index contributed by atoms with van der Waals surface area (Å²) >= 11 is 1.38. The zero-order valence-electron chi connectivity index (χ0n) is 13.4. The Morgan fingerprint density at radius 1 is 1.33 bits per heavy atom. The summed E-state index contributed by atoms with van der Waals surface area (Å²) in [6, 6.07) is 7.47. The number of carbonyl (C=O) groups is 2. The van der Waals surface area contributed by atoms with Crippen molar-refractivity contribution in [3.05, 3.63) is 41.5 Å². The van der Waals surface area contributed by atoms with Crippen LogP contribution in [0, 0.1) is 0 Å². The second-order valence-electron chi connectivity index (χ2n) is 5.10. The maximum atomic E-state index is 12.0. The first kappa shape index (κ1) is 16.2. The molecule has 0 aliphatic carbocycles. The van der Waals surface area contributed by atoms with E-state index < -0.39 is 0 Å². The van der Waals surface area contributed by atoms with Gasteiger partial charge in [-0.15, -0.1) is 11.3 Å². The van der Waals surface area contributed by atoms with E-state index in [1.807, 2.05) is 24.3 Å². The van der Waals surface area contributed by atoms with Gasteiger partial charge in [-0.25, -0.2) is 9.78 Å². The molecule has 0 radical (unpaired) electrons. The molecule has 1 amide bonds. The van der Waals surface area contributed by atoms with Crippen molar-refractivity contribution in [1.82, 2.24) is 9.38 Å². The molecule has 24 heavy (non-hydrogen) atoms. The fourth-order valence-electron chi connectivity index (χ4n) is 2.28. The van der Waals surface area contributed by atoms with Crippen LogP contribution in [-0.4, -0.2) is 27.9 Å². The van der Waals surface area contributed by atoms with E-state index in [1.165, 1.54) is 11.3 Å². The molecular formula is C17H17N3O3S. The Morgan fingerprint density at radius 3 is 2.92 bits per heavy atom. The van der Waals surface area contributed by atoms with Crippen LogP contribution in [0.2, 0.25) is 0 Å². The monoisotopic (exact) mass is 343 g/mol. The molecule has 0 atom stereocenters. The molecule has 0 aliphatic rings. The number of fused-ring (bicyclic) bond motifs is 1. The quantitative estimate of drug-likeness (QED) is 0.719. The van der Waals surface area contributed by atoms with Crippen molar-refractivity contribution in [2.24, 2.45) is 0 Å². The van der Waals surface area contributed by atoms with Gasteiger partial charge in [-0.1, -0.05) is 19.1 Å². The molecule has 2 aromatic heterocycles. The minimum absolute atomic E-state index is 0.0393. The molecule has 0 spiro atoms. The van der Waals surface area contributed by atoms with Crippen molar-refractivity contribution in [2.45, 2.75) is 20.3 Å². The molecule has 0 fully saturated rings. The molecule has 0 unspecified atom stereocenters. The smallest absolute Gasteiger partial charge is 0.356 e. The molecule has 0 aliphatic heterocycles. The van der Waals surface area contributed by atoms with Gasteiger partial charge in [-0.3, -0.25) is 9.20 Å². The minimum Gasteiger partial charge on any atom is -0.461 e. The molecule has 124 valence electrons. The van der Waals surface area contributed by atoms with Crippen LogP contribution < -0.4 is 5.32 Å². The number of amides is 1. The highest BCUT2D eigenvalue weighted by molar-refractivity contribution is 7.15. The third-order valence-corrected chi connectivity index (χ3v) is 4.30. The van der Waals surface area contributed by atoms with Gasteiger partial charge in [0, 0.05) is 29.2 Å². The molecule has 1 N–H and O–H groups in total. The summed E-state index contributed by atoms with van der Waals surface area (Å²) in [5, 5.41) is 4.57. The number of nitrogens with zero attached hydrogens (tertiary/aromatic N) is 2. The Morgan fingerprint density at radius 2 is 2.17 bits per heavy atom. The zero-order valence-corrected chi connectivity index (χ0v) is 14.2. The van der Waals surface area contributed by atoms with Gasteiger partial charge in [0.2, 0.25) is 5.91 Å². The lowest BCUT2D eigenvalue weighted by atomic mass is 10.1. The SMILES string of the molecule is CCOC(=O)c1csc2nc(-c3cccc(NC(=O)CC)c3)cn12. The van der Waals surface area contributed by atoms with Crippen LogP contribution in [0.25, 0.3) is 16.2 Å². The molecule has 7 heteroatoms. The van der Waals surface area contributed by atoms with E-state index in [0.29, 0.717) is 18.7 Å². The van der Waals surface area contributed by atoms with E-state index in [9.17, 15) is 9.59 Å². The van der Waals surface area contributed by atoms with Crippen molar-refractivity contribution in [3.63, 3.8) is 0 Å². The summed E-state index contributed by atoms with van der Waals surface area (Å²) in [4.78, 5) is 28.8. The first-order chi connectivity index (χ1) is 11.6. The molecule has 0 saturated carbocycles. The molecule has 6 nitrogen and oxygen atoms in total. The van der Waals surface area contributed by atoms with Crippen molar-refractivity contribution in [3.8, 4) is 11.3 Å². The average Bonchev–Trinajstić information content (AvgIpc) is 3.15. The van der Waals surface area contributed by atoms with E-state index in [2.05, 4.69) is 10.3 Å². The van der Waals surface area contributed by atoms with E-state index in [0.717, 1.165) is 21.9 Å². The molecule has 3 rings (SSSR count). The van der Waals surface area contributed by atoms with E-state index in [-0.39, 0.29) is 11.9 Å². The topological polar surface area (TPSA) is 72.7 Å². The third-order valence-electron chi connectivity index (χ3n) is 3.46. The Labute approximate surface area is 143 Å². The van der Waals surface area contributed by atoms with Crippen LogP contribution in [0.3, 0.4) is 0 Å². The number of ether oxygens (including phenoxy) is 1. The number of hydrogen-bond donors (Lipinski definition) is 1. The van der Waals surface area contributed by atoms with E-state index in [4.69, 9.17) is 4.74 Å². The van der Waals surface area contributed by atoms with Crippen molar-refractivity contribution in [2.75, 3.05) is 11.9 Å². The summed E-state index contributed by atoms with van der Waals surface area (Å²) in [6.45, 7) is 3.91. The standard InChI is InChI=1S/C17H17N3O3S/c1-3-15(21)18-12-7-5-6-11(8-12)13-9-20-14(16(22)23-4-2)10-24-17(20)19-13/h5-10H,3-4H2,1-2H3,(H,18,21). The van der Waals surface area contributed by atoms with Gasteiger partial charge in [-0.05, 0) is 19.1 Å². The van der Waals surface area contributed by atoms with E-state index >= 15 is 0 Å². The summed E-state index contributed by atoms with van der Waals surface area (Å²) < 4.78 is 6.79. The fraction of sp³-hybridized carbons (Fsp3) is 0.235. The van der Waals surface area contributed by atoms with Crippen LogP contribution >= 0.6 is 11.3 Å². The van der Waals surface area contributed by atoms with Crippen LogP contribution in [0.15, 0.2) is 35.8 Å². The summed E-state index contributed by atoms with van der Waals surface area (Å²) in [5.41, 5.74) is 2.79. The molecule has 0 saturated heterocycles. The predicted octanol–water partition coefficient (Wildman–Crippen LogP) is 3.59. The molecule has 1 aromatic carbocycles. The van der Waals surface area contributed by atoms with Gasteiger partial charge in [-0.2, -0.15) is 0 Å². The van der Waals surface area contributed by atoms with Gasteiger partial charge < -0.3 is 10.1 Å². The zero-order chi connectivity index (χ0) is 17.1. The Kier molecular flexibility index (Phi) is 4.61. The summed E-state index contributed by atoms with van der Waals surface area (Å²) in [6.07, 6.45) is 2.23. The molecule has 3 aromatic rings. The Balaban J connectivity index is 1.94. The predicted molar refractivity (Wildman–Crippen MR) is 93.4 cm³/mol. The number of thiazole rings is 1. The number of esters is 1. The maximum Gasteiger partial charge on any atom is 0.356 e. The van der Waals surface area contributed by atoms with Gasteiger partial charge in [0.15, 0.2) is 4.96 Å². The Bertz CT molecular complexity index is 898. The largest absolute Gasteiger partial charge is 0.461 e. The lowest BCUT2D eigenvalue weighted by molar-refractivity contribution is -0.115. The van der Waals surface area contributed by atoms with Gasteiger partial charge in [0.25, 0.3) is 0 Å². The Hall–Kier alpha value is -2.67. The van der Waals surface area contributed by atoms with Crippen molar-refractivity contribution >= 4 is 33.9 Å². The number of aromatic nitrogens is 2. The van der Waals surface area contributed by atoms with Crippen LogP contribution in [-0.2, 0) is 9.53 Å². The van der Waals surface area contributed by atoms with Crippen LogP contribution in [0.5, 0.6) is 0 Å². The highest BCUT2D eigenvalue weighted by atomic mass is 32.1.